The molecule has 1 heterocycles. The molecule has 0 saturated heterocycles. The molecule has 2 rings (SSSR count). The lowest BCUT2D eigenvalue weighted by Crippen LogP contribution is -2.27. The summed E-state index contributed by atoms with van der Waals surface area (Å²) >= 11 is 5.96. The van der Waals surface area contributed by atoms with Crippen molar-refractivity contribution in [2.45, 2.75) is 11.4 Å². The third-order valence-corrected chi connectivity index (χ3v) is 4.43. The van der Waals surface area contributed by atoms with Gasteiger partial charge in [-0.05, 0) is 24.3 Å². The number of hydrogen-bond acceptors (Lipinski definition) is 6. The monoisotopic (exact) mass is 373 g/mol. The zero-order valence-electron chi connectivity index (χ0n) is 12.5. The summed E-state index contributed by atoms with van der Waals surface area (Å²) in [7, 11) is -4.09. The predicted molar refractivity (Wildman–Crippen MR) is 88.3 cm³/mol. The van der Waals surface area contributed by atoms with Crippen molar-refractivity contribution >= 4 is 33.2 Å². The summed E-state index contributed by atoms with van der Waals surface area (Å²) in [4.78, 5) is 11.9. The summed E-state index contributed by atoms with van der Waals surface area (Å²) in [6.07, 6.45) is 1.50. The molecule has 0 saturated carbocycles. The zero-order chi connectivity index (χ0) is 17.7. The van der Waals surface area contributed by atoms with Crippen LogP contribution >= 0.6 is 11.6 Å². The van der Waals surface area contributed by atoms with E-state index in [0.717, 1.165) is 6.07 Å². The van der Waals surface area contributed by atoms with E-state index >= 15 is 0 Å². The van der Waals surface area contributed by atoms with Gasteiger partial charge in [0.05, 0.1) is 30.0 Å². The second kappa shape index (κ2) is 7.67. The van der Waals surface area contributed by atoms with Gasteiger partial charge in [-0.1, -0.05) is 11.6 Å². The number of nitrogens with one attached hydrogen (secondary N) is 2. The van der Waals surface area contributed by atoms with Crippen LogP contribution in [-0.4, -0.2) is 32.6 Å². The van der Waals surface area contributed by atoms with E-state index in [1.165, 1.54) is 12.3 Å². The maximum absolute atomic E-state index is 12.2. The molecular formula is C14H16ClN3O5S. The number of hydrogen-bond donors (Lipinski definition) is 4. The summed E-state index contributed by atoms with van der Waals surface area (Å²) in [5.41, 5.74) is 0.336. The number of aliphatic hydroxyl groups excluding tert-OH is 1. The topological polar surface area (TPSA) is 135 Å². The van der Waals surface area contributed by atoms with Crippen LogP contribution in [0.5, 0.6) is 0 Å². The molecule has 5 N–H and O–H groups in total. The van der Waals surface area contributed by atoms with Gasteiger partial charge in [0.15, 0.2) is 0 Å². The van der Waals surface area contributed by atoms with Crippen LogP contribution in [0.2, 0.25) is 5.02 Å². The Labute approximate surface area is 143 Å². The van der Waals surface area contributed by atoms with Gasteiger partial charge in [-0.2, -0.15) is 0 Å². The first-order valence-corrected chi connectivity index (χ1v) is 8.77. The number of furan rings is 1. The highest BCUT2D eigenvalue weighted by Crippen LogP contribution is 2.28. The van der Waals surface area contributed by atoms with Crippen molar-refractivity contribution in [1.29, 1.82) is 0 Å². The van der Waals surface area contributed by atoms with Crippen LogP contribution in [0.1, 0.15) is 16.1 Å². The van der Waals surface area contributed by atoms with E-state index < -0.39 is 15.9 Å². The van der Waals surface area contributed by atoms with E-state index in [1.54, 1.807) is 12.1 Å². The van der Waals surface area contributed by atoms with E-state index in [4.69, 9.17) is 26.3 Å². The number of aliphatic hydroxyl groups is 1. The lowest BCUT2D eigenvalue weighted by Gasteiger charge is -2.14. The normalized spacial score (nSPS) is 11.3. The highest BCUT2D eigenvalue weighted by atomic mass is 35.5. The second-order valence-electron chi connectivity index (χ2n) is 4.79. The molecule has 0 aliphatic carbocycles. The first kappa shape index (κ1) is 18.3. The number of halogens is 1. The first-order valence-electron chi connectivity index (χ1n) is 6.84. The molecule has 0 aliphatic heterocycles. The van der Waals surface area contributed by atoms with E-state index in [2.05, 4.69) is 10.6 Å². The van der Waals surface area contributed by atoms with Gasteiger partial charge in [0.1, 0.15) is 10.7 Å². The predicted octanol–water partition coefficient (Wildman–Crippen LogP) is 0.915. The van der Waals surface area contributed by atoms with E-state index in [9.17, 15) is 13.2 Å². The Hall–Kier alpha value is -2.07. The maximum atomic E-state index is 12.2. The third-order valence-electron chi connectivity index (χ3n) is 3.05. The zero-order valence-corrected chi connectivity index (χ0v) is 14.0. The number of carbonyl (C=O) groups is 1. The second-order valence-corrected chi connectivity index (χ2v) is 6.72. The number of amides is 1. The van der Waals surface area contributed by atoms with Gasteiger partial charge < -0.3 is 20.2 Å². The molecule has 0 atom stereocenters. The Bertz CT molecular complexity index is 821. The minimum Gasteiger partial charge on any atom is -0.467 e. The van der Waals surface area contributed by atoms with Crippen LogP contribution < -0.4 is 15.8 Å². The molecule has 24 heavy (non-hydrogen) atoms. The number of benzene rings is 1. The summed E-state index contributed by atoms with van der Waals surface area (Å²) in [6.45, 7) is 0.0264. The molecule has 0 spiro atoms. The van der Waals surface area contributed by atoms with Gasteiger partial charge in [0, 0.05) is 12.2 Å². The number of sulfonamides is 1. The molecule has 130 valence electrons. The number of anilines is 1. The van der Waals surface area contributed by atoms with Crippen LogP contribution in [0.4, 0.5) is 5.69 Å². The Kier molecular flexibility index (Phi) is 5.84. The summed E-state index contributed by atoms with van der Waals surface area (Å²) in [6, 6.07) is 5.84. The molecule has 0 aliphatic rings. The molecule has 0 bridgehead atoms. The standard InChI is InChI=1S/C14H16ClN3O5S/c15-11-7-12(18-8-9-2-1-5-23-9)10(14(20)17-3-4-19)6-13(11)24(16,21)22/h1-2,5-7,18-19H,3-4,8H2,(H,17,20)(H2,16,21,22). The van der Waals surface area contributed by atoms with Crippen LogP contribution in [0.15, 0.2) is 39.8 Å². The Morgan fingerprint density at radius 1 is 1.38 bits per heavy atom. The van der Waals surface area contributed by atoms with Gasteiger partial charge in [-0.15, -0.1) is 0 Å². The van der Waals surface area contributed by atoms with E-state index in [0.29, 0.717) is 11.4 Å². The number of primary sulfonamides is 1. The van der Waals surface area contributed by atoms with Gasteiger partial charge in [0.2, 0.25) is 10.0 Å². The highest BCUT2D eigenvalue weighted by Gasteiger charge is 2.20. The average molecular weight is 374 g/mol. The summed E-state index contributed by atoms with van der Waals surface area (Å²) in [5, 5.41) is 19.2. The fourth-order valence-electron chi connectivity index (χ4n) is 1.97. The molecule has 2 aromatic rings. The molecule has 1 aromatic heterocycles. The lowest BCUT2D eigenvalue weighted by molar-refractivity contribution is 0.0945. The fourth-order valence-corrected chi connectivity index (χ4v) is 3.06. The molecule has 8 nitrogen and oxygen atoms in total. The molecule has 0 fully saturated rings. The van der Waals surface area contributed by atoms with Crippen LogP contribution in [0.3, 0.4) is 0 Å². The lowest BCUT2D eigenvalue weighted by atomic mass is 10.1. The van der Waals surface area contributed by atoms with E-state index in [1.807, 2.05) is 0 Å². The van der Waals surface area contributed by atoms with Gasteiger partial charge >= 0.3 is 0 Å². The van der Waals surface area contributed by atoms with Crippen molar-refractivity contribution in [3.8, 4) is 0 Å². The van der Waals surface area contributed by atoms with Crippen LogP contribution in [-0.2, 0) is 16.6 Å². The van der Waals surface area contributed by atoms with Crippen molar-refractivity contribution in [3.63, 3.8) is 0 Å². The highest BCUT2D eigenvalue weighted by molar-refractivity contribution is 7.89. The first-order chi connectivity index (χ1) is 11.3. The van der Waals surface area contributed by atoms with Gasteiger partial charge in [-0.3, -0.25) is 4.79 Å². The molecule has 1 amide bonds. The fraction of sp³-hybridized carbons (Fsp3) is 0.214. The average Bonchev–Trinajstić information content (AvgIpc) is 3.02. The SMILES string of the molecule is NS(=O)(=O)c1cc(C(=O)NCCO)c(NCc2ccco2)cc1Cl. The third kappa shape index (κ3) is 4.48. The molecule has 0 radical (unpaired) electrons. The number of carbonyl (C=O) groups excluding carboxylic acids is 1. The van der Waals surface area contributed by atoms with E-state index in [-0.39, 0.29) is 35.2 Å². The summed E-state index contributed by atoms with van der Waals surface area (Å²) < 4.78 is 28.4. The van der Waals surface area contributed by atoms with Crippen LogP contribution in [0, 0.1) is 0 Å². The van der Waals surface area contributed by atoms with Crippen molar-refractivity contribution in [2.24, 2.45) is 5.14 Å². The molecule has 10 heteroatoms. The van der Waals surface area contributed by atoms with Gasteiger partial charge in [-0.25, -0.2) is 13.6 Å². The molecular weight excluding hydrogens is 358 g/mol. The maximum Gasteiger partial charge on any atom is 0.253 e. The van der Waals surface area contributed by atoms with Crippen molar-refractivity contribution < 1.29 is 22.7 Å². The quantitative estimate of drug-likeness (QED) is 0.570. The smallest absolute Gasteiger partial charge is 0.253 e. The Morgan fingerprint density at radius 2 is 2.12 bits per heavy atom. The van der Waals surface area contributed by atoms with Crippen molar-refractivity contribution in [2.75, 3.05) is 18.5 Å². The largest absolute Gasteiger partial charge is 0.467 e. The molecule has 1 aromatic carbocycles. The summed E-state index contributed by atoms with van der Waals surface area (Å²) in [5.74, 6) is 0.0379. The van der Waals surface area contributed by atoms with Crippen molar-refractivity contribution in [3.05, 3.63) is 46.9 Å². The van der Waals surface area contributed by atoms with Crippen molar-refractivity contribution in [1.82, 2.24) is 5.32 Å². The van der Waals surface area contributed by atoms with Gasteiger partial charge in [0.25, 0.3) is 5.91 Å². The minimum absolute atomic E-state index is 0.0177. The Balaban J connectivity index is 2.39. The van der Waals surface area contributed by atoms with Crippen LogP contribution in [0.25, 0.3) is 0 Å². The molecule has 0 unspecified atom stereocenters. The number of rotatable bonds is 7. The minimum atomic E-state index is -4.09. The Morgan fingerprint density at radius 3 is 2.71 bits per heavy atom. The number of nitrogens with two attached hydrogens (primary N) is 1.